The molecule has 11 heteroatoms. The molecule has 10 nitrogen and oxygen atoms in total. The van der Waals surface area contributed by atoms with E-state index in [0.717, 1.165) is 54.1 Å². The normalized spacial score (nSPS) is 22.2. The summed E-state index contributed by atoms with van der Waals surface area (Å²) < 4.78 is 0. The van der Waals surface area contributed by atoms with Crippen molar-refractivity contribution in [3.63, 3.8) is 0 Å². The van der Waals surface area contributed by atoms with Crippen molar-refractivity contribution in [3.05, 3.63) is 54.6 Å². The predicted molar refractivity (Wildman–Crippen MR) is 140 cm³/mol. The number of guanidine groups is 1. The largest absolute Gasteiger partial charge is 0.368 e. The average molecular weight is 505 g/mol. The van der Waals surface area contributed by atoms with Crippen LogP contribution < -0.4 is 10.2 Å². The number of thioether (sulfide) groups is 1. The van der Waals surface area contributed by atoms with Gasteiger partial charge in [0, 0.05) is 51.2 Å². The van der Waals surface area contributed by atoms with Crippen LogP contribution in [0.5, 0.6) is 0 Å². The molecule has 4 heterocycles. The lowest BCUT2D eigenvalue weighted by atomic mass is 10.1. The van der Waals surface area contributed by atoms with Crippen molar-refractivity contribution in [1.29, 1.82) is 0 Å². The zero-order valence-corrected chi connectivity index (χ0v) is 20.8. The second-order valence-electron chi connectivity index (χ2n) is 9.10. The number of aliphatic imine (C=N–C) groups is 1. The third-order valence-electron chi connectivity index (χ3n) is 6.96. The third kappa shape index (κ3) is 4.13. The second kappa shape index (κ2) is 9.38. The number of aromatic nitrogens is 2. The quantitative estimate of drug-likeness (QED) is 0.513. The Morgan fingerprint density at radius 2 is 1.69 bits per heavy atom. The van der Waals surface area contributed by atoms with E-state index >= 15 is 0 Å². The van der Waals surface area contributed by atoms with E-state index in [4.69, 9.17) is 4.99 Å². The first kappa shape index (κ1) is 22.7. The fraction of sp³-hybridized carbons (Fsp3) is 0.360. The van der Waals surface area contributed by atoms with Gasteiger partial charge in [-0.1, -0.05) is 42.1 Å². The fourth-order valence-corrected chi connectivity index (χ4v) is 5.88. The molecule has 36 heavy (non-hydrogen) atoms. The highest BCUT2D eigenvalue weighted by atomic mass is 32.2. The lowest BCUT2D eigenvalue weighted by Gasteiger charge is -2.41. The highest BCUT2D eigenvalue weighted by Gasteiger charge is 2.49. The van der Waals surface area contributed by atoms with Crippen LogP contribution in [0, 0.1) is 0 Å². The van der Waals surface area contributed by atoms with Gasteiger partial charge >= 0.3 is 6.03 Å². The molecule has 2 aromatic carbocycles. The first-order chi connectivity index (χ1) is 17.6. The Bertz CT molecular complexity index is 1270. The van der Waals surface area contributed by atoms with Gasteiger partial charge in [0.25, 0.3) is 5.91 Å². The van der Waals surface area contributed by atoms with E-state index in [2.05, 4.69) is 54.2 Å². The number of anilines is 1. The number of likely N-dealkylation sites (N-methyl/N-ethyl adjacent to an activating group) is 1. The number of piperazine rings is 1. The van der Waals surface area contributed by atoms with E-state index in [1.807, 2.05) is 30.3 Å². The number of amides is 3. The Morgan fingerprint density at radius 1 is 0.972 bits per heavy atom. The van der Waals surface area contributed by atoms with E-state index in [1.165, 1.54) is 10.6 Å². The number of carbonyl (C=O) groups is 2. The second-order valence-corrected chi connectivity index (χ2v) is 10.2. The molecule has 3 aromatic rings. The van der Waals surface area contributed by atoms with Gasteiger partial charge in [-0.25, -0.2) is 14.8 Å². The smallest absolute Gasteiger partial charge is 0.325 e. The lowest BCUT2D eigenvalue weighted by Crippen LogP contribution is -2.64. The number of nitrogens with zero attached hydrogens (tertiary/aromatic N) is 6. The Morgan fingerprint density at radius 3 is 2.47 bits per heavy atom. The van der Waals surface area contributed by atoms with Gasteiger partial charge in [-0.05, 0) is 24.3 Å². The van der Waals surface area contributed by atoms with Crippen molar-refractivity contribution in [1.82, 2.24) is 30.0 Å². The van der Waals surface area contributed by atoms with Crippen molar-refractivity contribution < 1.29 is 9.59 Å². The van der Waals surface area contributed by atoms with Crippen LogP contribution in [0.2, 0.25) is 0 Å². The highest BCUT2D eigenvalue weighted by Crippen LogP contribution is 2.28. The van der Waals surface area contributed by atoms with E-state index in [9.17, 15) is 9.59 Å². The number of hydrogen-bond donors (Lipinski definition) is 2. The van der Waals surface area contributed by atoms with Crippen LogP contribution >= 0.6 is 11.8 Å². The number of fused-ring (bicyclic) bond motifs is 2. The minimum atomic E-state index is -0.536. The van der Waals surface area contributed by atoms with Gasteiger partial charge in [-0.2, -0.15) is 0 Å². The molecule has 1 aromatic heterocycles. The number of H-pyrrole nitrogens is 1. The Labute approximate surface area is 213 Å². The molecular formula is C25H28N8O2S. The van der Waals surface area contributed by atoms with Crippen molar-refractivity contribution in [2.24, 2.45) is 4.99 Å². The highest BCUT2D eigenvalue weighted by molar-refractivity contribution is 7.99. The van der Waals surface area contributed by atoms with Crippen molar-refractivity contribution in [2.75, 3.05) is 50.4 Å². The van der Waals surface area contributed by atoms with Crippen LogP contribution in [0.1, 0.15) is 0 Å². The first-order valence-corrected chi connectivity index (χ1v) is 13.1. The maximum atomic E-state index is 12.9. The van der Waals surface area contributed by atoms with E-state index in [0.29, 0.717) is 6.54 Å². The fourth-order valence-electron chi connectivity index (χ4n) is 5.06. The standard InChI is InChI=1S/C25H28N8O2S/c1-30-21-20(22(34)29-25(30)35)33(15-16-36-23-26-18-9-5-6-10-19(18)27-23)24(28-21)32-13-11-31(12-14-32)17-7-3-2-4-8-17/h2-10,20-21H,11-16H2,1H3,(H,26,27)(H,29,34,35). The van der Waals surface area contributed by atoms with Crippen LogP contribution in [0.15, 0.2) is 64.7 Å². The molecule has 0 bridgehead atoms. The molecule has 2 N–H and O–H groups in total. The molecule has 0 saturated carbocycles. The number of benzene rings is 2. The molecule has 3 amide bonds. The van der Waals surface area contributed by atoms with Gasteiger partial charge in [-0.15, -0.1) is 0 Å². The molecule has 2 unspecified atom stereocenters. The molecule has 3 aliphatic rings. The molecule has 2 fully saturated rings. The first-order valence-electron chi connectivity index (χ1n) is 12.1. The van der Waals surface area contributed by atoms with Crippen LogP contribution in [0.25, 0.3) is 11.0 Å². The number of urea groups is 1. The summed E-state index contributed by atoms with van der Waals surface area (Å²) >= 11 is 1.62. The van der Waals surface area contributed by atoms with Gasteiger partial charge in [0.15, 0.2) is 23.3 Å². The number of nitrogens with one attached hydrogen (secondary N) is 2. The van der Waals surface area contributed by atoms with E-state index in [1.54, 1.807) is 18.8 Å². The number of para-hydroxylation sites is 3. The van der Waals surface area contributed by atoms with Gasteiger partial charge < -0.3 is 24.6 Å². The van der Waals surface area contributed by atoms with Crippen molar-refractivity contribution in [2.45, 2.75) is 17.4 Å². The van der Waals surface area contributed by atoms with Gasteiger partial charge in [0.2, 0.25) is 0 Å². The molecule has 186 valence electrons. The minimum Gasteiger partial charge on any atom is -0.368 e. The number of rotatable bonds is 5. The summed E-state index contributed by atoms with van der Waals surface area (Å²) in [6.07, 6.45) is -0.524. The monoisotopic (exact) mass is 504 g/mol. The lowest BCUT2D eigenvalue weighted by molar-refractivity contribution is -0.127. The van der Waals surface area contributed by atoms with Crippen LogP contribution in [0.3, 0.4) is 0 Å². The number of aromatic amines is 1. The number of hydrogen-bond acceptors (Lipinski definition) is 8. The summed E-state index contributed by atoms with van der Waals surface area (Å²) in [6, 6.07) is 17.4. The topological polar surface area (TPSA) is 100 Å². The summed E-state index contributed by atoms with van der Waals surface area (Å²) in [7, 11) is 1.69. The maximum Gasteiger partial charge on any atom is 0.325 e. The Hall–Kier alpha value is -3.73. The SMILES string of the molecule is CN1C(=O)NC(=O)C2C1N=C(N1CCN(c3ccccc3)CC1)N2CCSc1nc2ccccc2[nH]1. The van der Waals surface area contributed by atoms with E-state index in [-0.39, 0.29) is 5.91 Å². The molecule has 3 aliphatic heterocycles. The average Bonchev–Trinajstić information content (AvgIpc) is 3.50. The third-order valence-corrected chi connectivity index (χ3v) is 7.81. The van der Waals surface area contributed by atoms with Crippen LogP contribution in [-0.4, -0.2) is 100 Å². The van der Waals surface area contributed by atoms with Crippen molar-refractivity contribution in [3.8, 4) is 0 Å². The zero-order chi connectivity index (χ0) is 24.6. The molecule has 2 atom stereocenters. The Kier molecular flexibility index (Phi) is 5.92. The van der Waals surface area contributed by atoms with Gasteiger partial charge in [0.1, 0.15) is 0 Å². The molecule has 0 radical (unpaired) electrons. The van der Waals surface area contributed by atoms with E-state index < -0.39 is 18.2 Å². The van der Waals surface area contributed by atoms with Gasteiger partial charge in [0.05, 0.1) is 11.0 Å². The summed E-state index contributed by atoms with van der Waals surface area (Å²) in [5, 5.41) is 3.34. The summed E-state index contributed by atoms with van der Waals surface area (Å²) in [5.41, 5.74) is 3.15. The molecule has 2 saturated heterocycles. The van der Waals surface area contributed by atoms with Crippen LogP contribution in [0.4, 0.5) is 10.5 Å². The molecule has 6 rings (SSSR count). The number of carbonyl (C=O) groups excluding carboxylic acids is 2. The summed E-state index contributed by atoms with van der Waals surface area (Å²) in [6.45, 7) is 3.91. The summed E-state index contributed by atoms with van der Waals surface area (Å²) in [5.74, 6) is 1.22. The summed E-state index contributed by atoms with van der Waals surface area (Å²) in [4.78, 5) is 46.3. The number of imidazole rings is 1. The molecular weight excluding hydrogens is 476 g/mol. The Balaban J connectivity index is 1.18. The number of imide groups is 1. The van der Waals surface area contributed by atoms with Gasteiger partial charge in [-0.3, -0.25) is 10.1 Å². The van der Waals surface area contributed by atoms with Crippen LogP contribution in [-0.2, 0) is 4.79 Å². The zero-order valence-electron chi connectivity index (χ0n) is 20.0. The molecule has 0 spiro atoms. The maximum absolute atomic E-state index is 12.9. The minimum absolute atomic E-state index is 0.293. The van der Waals surface area contributed by atoms with Crippen molar-refractivity contribution >= 4 is 46.4 Å². The molecule has 0 aliphatic carbocycles. The predicted octanol–water partition coefficient (Wildman–Crippen LogP) is 2.03.